The second-order valence-electron chi connectivity index (χ2n) is 4.93. The molecule has 0 saturated heterocycles. The Labute approximate surface area is 124 Å². The topological polar surface area (TPSA) is 67.2 Å². The predicted octanol–water partition coefficient (Wildman–Crippen LogP) is 1.87. The first-order chi connectivity index (χ1) is 9.56. The van der Waals surface area contributed by atoms with Crippen LogP contribution in [-0.2, 0) is 18.3 Å². The molecule has 0 radical (unpaired) electrons. The number of fused-ring (bicyclic) bond motifs is 1. The van der Waals surface area contributed by atoms with E-state index in [1.165, 1.54) is 0 Å². The Balaban J connectivity index is 2.05. The van der Waals surface area contributed by atoms with Crippen molar-refractivity contribution < 1.29 is 9.90 Å². The molecular weight excluding hydrogens is 322 g/mol. The number of benzene rings is 1. The number of hydrogen-bond acceptors (Lipinski definition) is 3. The third kappa shape index (κ3) is 2.25. The molecule has 6 heteroatoms. The minimum Gasteiger partial charge on any atom is -0.480 e. The Morgan fingerprint density at radius 3 is 2.80 bits per heavy atom. The van der Waals surface area contributed by atoms with Gasteiger partial charge in [0.1, 0.15) is 6.04 Å². The van der Waals surface area contributed by atoms with Crippen LogP contribution in [0, 0.1) is 0 Å². The molecule has 1 aliphatic heterocycles. The number of imidazole rings is 1. The first kappa shape index (κ1) is 13.3. The van der Waals surface area contributed by atoms with E-state index in [1.54, 1.807) is 6.33 Å². The lowest BCUT2D eigenvalue weighted by atomic mass is 9.94. The molecule has 5 nitrogen and oxygen atoms in total. The second kappa shape index (κ2) is 5.03. The van der Waals surface area contributed by atoms with Gasteiger partial charge in [-0.2, -0.15) is 0 Å². The highest BCUT2D eigenvalue weighted by molar-refractivity contribution is 9.10. The summed E-state index contributed by atoms with van der Waals surface area (Å²) in [5, 5.41) is 12.5. The maximum absolute atomic E-state index is 11.3. The van der Waals surface area contributed by atoms with Crippen molar-refractivity contribution >= 4 is 21.9 Å². The number of aromatic nitrogens is 2. The number of carboxylic acid groups (broad SMARTS) is 1. The van der Waals surface area contributed by atoms with Gasteiger partial charge < -0.3 is 9.67 Å². The largest absolute Gasteiger partial charge is 0.480 e. The lowest BCUT2D eigenvalue weighted by molar-refractivity contribution is -0.139. The third-order valence-electron chi connectivity index (χ3n) is 3.63. The highest BCUT2D eigenvalue weighted by Gasteiger charge is 2.33. The molecule has 20 heavy (non-hydrogen) atoms. The van der Waals surface area contributed by atoms with Crippen molar-refractivity contribution in [3.05, 3.63) is 52.0 Å². The molecule has 0 saturated carbocycles. The van der Waals surface area contributed by atoms with Crippen LogP contribution in [0.15, 0.2) is 35.1 Å². The minimum atomic E-state index is -0.834. The number of rotatable bonds is 2. The standard InChI is InChI=1S/C14H14BrN3O2/c1-18-7-16-13-11(18)6-10(14(19)20)17-12(13)8-2-4-9(15)5-3-8/h2-5,7,10,12,17H,6H2,1H3,(H,19,20). The Kier molecular flexibility index (Phi) is 3.35. The Morgan fingerprint density at radius 1 is 1.45 bits per heavy atom. The average molecular weight is 336 g/mol. The summed E-state index contributed by atoms with van der Waals surface area (Å²) in [5.74, 6) is -0.834. The fraction of sp³-hybridized carbons (Fsp3) is 0.286. The summed E-state index contributed by atoms with van der Waals surface area (Å²) in [7, 11) is 1.90. The number of aliphatic carboxylic acids is 1. The molecule has 0 bridgehead atoms. The normalized spacial score (nSPS) is 21.5. The number of carbonyl (C=O) groups is 1. The molecule has 1 aromatic carbocycles. The van der Waals surface area contributed by atoms with E-state index < -0.39 is 12.0 Å². The van der Waals surface area contributed by atoms with Crippen molar-refractivity contribution in [2.75, 3.05) is 0 Å². The van der Waals surface area contributed by atoms with Crippen molar-refractivity contribution in [2.45, 2.75) is 18.5 Å². The van der Waals surface area contributed by atoms with Crippen LogP contribution in [0.25, 0.3) is 0 Å². The monoisotopic (exact) mass is 335 g/mol. The molecule has 104 valence electrons. The molecule has 0 fully saturated rings. The molecule has 1 aliphatic rings. The van der Waals surface area contributed by atoms with Gasteiger partial charge >= 0.3 is 5.97 Å². The Hall–Kier alpha value is -1.66. The quantitative estimate of drug-likeness (QED) is 0.879. The van der Waals surface area contributed by atoms with Gasteiger partial charge in [-0.1, -0.05) is 28.1 Å². The van der Waals surface area contributed by atoms with Gasteiger partial charge in [0.2, 0.25) is 0 Å². The van der Waals surface area contributed by atoms with Gasteiger partial charge in [-0.3, -0.25) is 10.1 Å². The molecule has 0 aliphatic carbocycles. The maximum Gasteiger partial charge on any atom is 0.321 e. The van der Waals surface area contributed by atoms with E-state index in [0.717, 1.165) is 21.4 Å². The lowest BCUT2D eigenvalue weighted by Crippen LogP contribution is -2.45. The van der Waals surface area contributed by atoms with Gasteiger partial charge in [0.25, 0.3) is 0 Å². The first-order valence-corrected chi connectivity index (χ1v) is 7.10. The highest BCUT2D eigenvalue weighted by Crippen LogP contribution is 2.30. The summed E-state index contributed by atoms with van der Waals surface area (Å²) in [6, 6.07) is 7.07. The number of nitrogens with one attached hydrogen (secondary N) is 1. The molecule has 3 rings (SSSR count). The highest BCUT2D eigenvalue weighted by atomic mass is 79.9. The van der Waals surface area contributed by atoms with Crippen molar-refractivity contribution in [2.24, 2.45) is 7.05 Å². The molecule has 0 amide bonds. The molecule has 2 atom stereocenters. The van der Waals surface area contributed by atoms with Crippen LogP contribution < -0.4 is 5.32 Å². The number of aryl methyl sites for hydroxylation is 1. The van der Waals surface area contributed by atoms with Gasteiger partial charge in [-0.05, 0) is 17.7 Å². The molecule has 0 spiro atoms. The molecule has 1 aromatic heterocycles. The van der Waals surface area contributed by atoms with Crippen LogP contribution in [0.4, 0.5) is 0 Å². The summed E-state index contributed by atoms with van der Waals surface area (Å²) in [6.45, 7) is 0. The summed E-state index contributed by atoms with van der Waals surface area (Å²) in [6.07, 6.45) is 2.19. The summed E-state index contributed by atoms with van der Waals surface area (Å²) in [4.78, 5) is 15.8. The van der Waals surface area contributed by atoms with E-state index in [0.29, 0.717) is 6.42 Å². The number of hydrogen-bond donors (Lipinski definition) is 2. The zero-order valence-electron chi connectivity index (χ0n) is 10.9. The van der Waals surface area contributed by atoms with Crippen LogP contribution in [0.2, 0.25) is 0 Å². The van der Waals surface area contributed by atoms with Crippen LogP contribution in [0.3, 0.4) is 0 Å². The number of nitrogens with zero attached hydrogens (tertiary/aromatic N) is 2. The third-order valence-corrected chi connectivity index (χ3v) is 4.16. The maximum atomic E-state index is 11.3. The van der Waals surface area contributed by atoms with Crippen LogP contribution >= 0.6 is 15.9 Å². The Bertz CT molecular complexity index is 651. The van der Waals surface area contributed by atoms with Gasteiger partial charge in [0.05, 0.1) is 18.1 Å². The summed E-state index contributed by atoms with van der Waals surface area (Å²) < 4.78 is 2.89. The smallest absolute Gasteiger partial charge is 0.321 e. The summed E-state index contributed by atoms with van der Waals surface area (Å²) >= 11 is 3.41. The van der Waals surface area contributed by atoms with E-state index in [1.807, 2.05) is 35.9 Å². The lowest BCUT2D eigenvalue weighted by Gasteiger charge is -2.29. The minimum absolute atomic E-state index is 0.186. The molecular formula is C14H14BrN3O2. The van der Waals surface area contributed by atoms with Gasteiger partial charge in [0.15, 0.2) is 0 Å². The van der Waals surface area contributed by atoms with Crippen molar-refractivity contribution in [1.29, 1.82) is 0 Å². The molecule has 2 N–H and O–H groups in total. The van der Waals surface area contributed by atoms with E-state index in [9.17, 15) is 9.90 Å². The second-order valence-corrected chi connectivity index (χ2v) is 5.85. The molecule has 2 aromatic rings. The van der Waals surface area contributed by atoms with Crippen LogP contribution in [0.1, 0.15) is 23.0 Å². The molecule has 2 unspecified atom stereocenters. The van der Waals surface area contributed by atoms with E-state index >= 15 is 0 Å². The molecule has 2 heterocycles. The summed E-state index contributed by atoms with van der Waals surface area (Å²) in [5.41, 5.74) is 2.90. The van der Waals surface area contributed by atoms with Crippen molar-refractivity contribution in [3.8, 4) is 0 Å². The fourth-order valence-corrected chi connectivity index (χ4v) is 2.83. The van der Waals surface area contributed by atoms with E-state index in [-0.39, 0.29) is 6.04 Å². The average Bonchev–Trinajstić information content (AvgIpc) is 2.80. The number of halogens is 1. The zero-order valence-corrected chi connectivity index (χ0v) is 12.5. The van der Waals surface area contributed by atoms with Crippen molar-refractivity contribution in [3.63, 3.8) is 0 Å². The predicted molar refractivity (Wildman–Crippen MR) is 77.5 cm³/mol. The number of carboxylic acids is 1. The van der Waals surface area contributed by atoms with Crippen molar-refractivity contribution in [1.82, 2.24) is 14.9 Å². The van der Waals surface area contributed by atoms with E-state index in [2.05, 4.69) is 26.2 Å². The van der Waals surface area contributed by atoms with Gasteiger partial charge in [-0.25, -0.2) is 4.98 Å². The Morgan fingerprint density at radius 2 is 2.15 bits per heavy atom. The first-order valence-electron chi connectivity index (χ1n) is 6.30. The van der Waals surface area contributed by atoms with Gasteiger partial charge in [-0.15, -0.1) is 0 Å². The van der Waals surface area contributed by atoms with Crippen LogP contribution in [0.5, 0.6) is 0 Å². The fourth-order valence-electron chi connectivity index (χ4n) is 2.56. The van der Waals surface area contributed by atoms with E-state index in [4.69, 9.17) is 0 Å². The van der Waals surface area contributed by atoms with Crippen LogP contribution in [-0.4, -0.2) is 26.7 Å². The SMILES string of the molecule is Cn1cnc2c1CC(C(=O)O)NC2c1ccc(Br)cc1. The zero-order chi connectivity index (χ0) is 14.3. The van der Waals surface area contributed by atoms with Gasteiger partial charge in [0, 0.05) is 23.6 Å².